The van der Waals surface area contributed by atoms with E-state index in [2.05, 4.69) is 4.98 Å². The van der Waals surface area contributed by atoms with E-state index >= 15 is 0 Å². The Morgan fingerprint density at radius 1 is 1.30 bits per heavy atom. The molecule has 156 valence electrons. The molecular formula is C19H17N3O5S3. The van der Waals surface area contributed by atoms with Crippen LogP contribution >= 0.6 is 34.4 Å². The van der Waals surface area contributed by atoms with E-state index in [1.807, 2.05) is 29.8 Å². The number of non-ortho nitro benzene ring substituents is 1. The largest absolute Gasteiger partial charge is 0.452 e. The minimum atomic E-state index is -0.799. The van der Waals surface area contributed by atoms with Gasteiger partial charge in [-0.1, -0.05) is 17.8 Å². The highest BCUT2D eigenvalue weighted by Crippen LogP contribution is 2.34. The van der Waals surface area contributed by atoms with E-state index in [0.717, 1.165) is 16.6 Å². The highest BCUT2D eigenvalue weighted by molar-refractivity contribution is 8.01. The molecule has 2 heterocycles. The van der Waals surface area contributed by atoms with Gasteiger partial charge in [-0.3, -0.25) is 14.9 Å². The fraction of sp³-hybridized carbons (Fsp3) is 0.211. The second-order valence-corrected chi connectivity index (χ2v) is 9.38. The van der Waals surface area contributed by atoms with Crippen LogP contribution in [0.2, 0.25) is 0 Å². The number of nitro benzene ring substituents is 1. The maximum absolute atomic E-state index is 12.6. The normalized spacial score (nSPS) is 10.6. The van der Waals surface area contributed by atoms with Crippen LogP contribution < -0.4 is 0 Å². The third kappa shape index (κ3) is 5.65. The van der Waals surface area contributed by atoms with Gasteiger partial charge in [0.1, 0.15) is 0 Å². The summed E-state index contributed by atoms with van der Waals surface area (Å²) in [6.45, 7) is 1.81. The fourth-order valence-electron chi connectivity index (χ4n) is 2.39. The van der Waals surface area contributed by atoms with Gasteiger partial charge in [0.05, 0.1) is 17.0 Å². The van der Waals surface area contributed by atoms with E-state index < -0.39 is 17.5 Å². The molecule has 11 heteroatoms. The molecule has 1 amide bonds. The molecule has 0 fully saturated rings. The summed E-state index contributed by atoms with van der Waals surface area (Å²) in [6, 6.07) is 7.77. The number of thiophene rings is 1. The van der Waals surface area contributed by atoms with Crippen molar-refractivity contribution in [3.8, 4) is 0 Å². The molecule has 30 heavy (non-hydrogen) atoms. The molecule has 0 bridgehead atoms. The highest BCUT2D eigenvalue weighted by Gasteiger charge is 2.21. The van der Waals surface area contributed by atoms with E-state index in [-0.39, 0.29) is 17.2 Å². The molecular weight excluding hydrogens is 446 g/mol. The minimum absolute atomic E-state index is 0.0239. The van der Waals surface area contributed by atoms with Crippen LogP contribution in [0.4, 0.5) is 5.69 Å². The molecule has 1 aromatic carbocycles. The van der Waals surface area contributed by atoms with Gasteiger partial charge in [-0.15, -0.1) is 22.7 Å². The first-order chi connectivity index (χ1) is 14.3. The summed E-state index contributed by atoms with van der Waals surface area (Å²) in [7, 11) is 1.62. The number of aryl methyl sites for hydroxylation is 1. The molecule has 0 aliphatic rings. The lowest BCUT2D eigenvalue weighted by molar-refractivity contribution is -0.384. The molecule has 3 aromatic rings. The molecule has 0 radical (unpaired) electrons. The fourth-order valence-corrected chi connectivity index (χ4v) is 5.04. The van der Waals surface area contributed by atoms with Gasteiger partial charge in [-0.05, 0) is 24.4 Å². The zero-order chi connectivity index (χ0) is 21.7. The topological polar surface area (TPSA) is 103 Å². The Bertz CT molecular complexity index is 1070. The van der Waals surface area contributed by atoms with Crippen molar-refractivity contribution in [3.05, 3.63) is 67.3 Å². The van der Waals surface area contributed by atoms with Gasteiger partial charge in [0.25, 0.3) is 11.6 Å². The molecule has 0 spiro atoms. The van der Waals surface area contributed by atoms with Gasteiger partial charge >= 0.3 is 5.97 Å². The smallest absolute Gasteiger partial charge is 0.340 e. The van der Waals surface area contributed by atoms with Gasteiger partial charge in [-0.2, -0.15) is 0 Å². The average molecular weight is 464 g/mol. The summed E-state index contributed by atoms with van der Waals surface area (Å²) in [5.41, 5.74) is 0.631. The Morgan fingerprint density at radius 2 is 2.10 bits per heavy atom. The number of amides is 1. The van der Waals surface area contributed by atoms with E-state index in [9.17, 15) is 19.7 Å². The van der Waals surface area contributed by atoms with E-state index in [1.165, 1.54) is 51.5 Å². The first kappa shape index (κ1) is 21.9. The number of nitrogens with zero attached hydrogens (tertiary/aromatic N) is 3. The first-order valence-electron chi connectivity index (χ1n) is 8.65. The number of benzene rings is 1. The van der Waals surface area contributed by atoms with Crippen molar-refractivity contribution < 1.29 is 19.2 Å². The van der Waals surface area contributed by atoms with Crippen molar-refractivity contribution in [2.45, 2.75) is 22.7 Å². The number of likely N-dealkylation sites (N-methyl/N-ethyl adjacent to an activating group) is 1. The Kier molecular flexibility index (Phi) is 7.19. The van der Waals surface area contributed by atoms with Gasteiger partial charge in [-0.25, -0.2) is 9.78 Å². The second kappa shape index (κ2) is 9.83. The van der Waals surface area contributed by atoms with Gasteiger partial charge in [0, 0.05) is 40.0 Å². The van der Waals surface area contributed by atoms with Gasteiger partial charge in [0.2, 0.25) is 0 Å². The van der Waals surface area contributed by atoms with Crippen molar-refractivity contribution in [2.75, 3.05) is 13.7 Å². The summed E-state index contributed by atoms with van der Waals surface area (Å²) < 4.78 is 5.87. The number of rotatable bonds is 8. The first-order valence-corrected chi connectivity index (χ1v) is 11.2. The van der Waals surface area contributed by atoms with Crippen molar-refractivity contribution in [2.24, 2.45) is 0 Å². The Balaban J connectivity index is 1.71. The number of thiazole rings is 1. The molecule has 3 rings (SSSR count). The molecule has 0 N–H and O–H groups in total. The average Bonchev–Trinajstić information content (AvgIpc) is 3.37. The molecule has 0 saturated heterocycles. The number of hydrogen-bond acceptors (Lipinski definition) is 9. The zero-order valence-corrected chi connectivity index (χ0v) is 18.5. The Hall–Kier alpha value is -2.76. The summed E-state index contributed by atoms with van der Waals surface area (Å²) in [4.78, 5) is 42.7. The summed E-state index contributed by atoms with van der Waals surface area (Å²) in [6.07, 6.45) is 0. The number of carbonyl (C=O) groups excluding carboxylic acids is 2. The molecule has 2 aromatic heterocycles. The molecule has 0 unspecified atom stereocenters. The molecule has 8 nitrogen and oxygen atoms in total. The van der Waals surface area contributed by atoms with Crippen molar-refractivity contribution >= 4 is 52.0 Å². The maximum Gasteiger partial charge on any atom is 0.340 e. The predicted molar refractivity (Wildman–Crippen MR) is 115 cm³/mol. The molecule has 0 aliphatic heterocycles. The molecule has 0 saturated carbocycles. The third-order valence-corrected chi connectivity index (χ3v) is 6.91. The summed E-state index contributed by atoms with van der Waals surface area (Å²) in [5, 5.41) is 14.9. The van der Waals surface area contributed by atoms with E-state index in [4.69, 9.17) is 4.74 Å². The number of ether oxygens (including phenoxy) is 1. The Morgan fingerprint density at radius 3 is 2.73 bits per heavy atom. The number of hydrogen-bond donors (Lipinski definition) is 0. The van der Waals surface area contributed by atoms with Gasteiger partial charge in [0.15, 0.2) is 10.9 Å². The van der Waals surface area contributed by atoms with Crippen LogP contribution in [-0.2, 0) is 16.1 Å². The van der Waals surface area contributed by atoms with E-state index in [1.54, 1.807) is 7.05 Å². The van der Waals surface area contributed by atoms with Gasteiger partial charge < -0.3 is 9.64 Å². The number of nitro groups is 1. The van der Waals surface area contributed by atoms with Crippen LogP contribution in [0.1, 0.15) is 20.9 Å². The zero-order valence-electron chi connectivity index (χ0n) is 16.1. The van der Waals surface area contributed by atoms with E-state index in [0.29, 0.717) is 15.8 Å². The predicted octanol–water partition coefficient (Wildman–Crippen LogP) is 4.39. The number of carbonyl (C=O) groups is 2. The van der Waals surface area contributed by atoms with Crippen LogP contribution in [0.3, 0.4) is 0 Å². The lowest BCUT2D eigenvalue weighted by atomic mass is 10.2. The van der Waals surface area contributed by atoms with Crippen molar-refractivity contribution in [3.63, 3.8) is 0 Å². The van der Waals surface area contributed by atoms with Crippen LogP contribution in [-0.4, -0.2) is 40.3 Å². The maximum atomic E-state index is 12.6. The number of aromatic nitrogens is 1. The lowest BCUT2D eigenvalue weighted by Gasteiger charge is -2.16. The van der Waals surface area contributed by atoms with Crippen molar-refractivity contribution in [1.29, 1.82) is 0 Å². The highest BCUT2D eigenvalue weighted by atomic mass is 32.2. The summed E-state index contributed by atoms with van der Waals surface area (Å²) in [5.74, 6) is -1.17. The standard InChI is InChI=1S/C19H17N3O5S3/c1-12-11-29-19(20-12)30-16-6-5-13(22(25)26)8-15(16)18(24)27-10-17(23)21(2)9-14-4-3-7-28-14/h3-8,11H,9-10H2,1-2H3. The quantitative estimate of drug-likeness (QED) is 0.277. The Labute approximate surface area is 184 Å². The number of esters is 1. The minimum Gasteiger partial charge on any atom is -0.452 e. The molecule has 0 aliphatic carbocycles. The SMILES string of the molecule is Cc1csc(Sc2ccc([N+](=O)[O-])cc2C(=O)OCC(=O)N(C)Cc2cccs2)n1. The lowest BCUT2D eigenvalue weighted by Crippen LogP contribution is -2.30. The van der Waals surface area contributed by atoms with Crippen LogP contribution in [0.25, 0.3) is 0 Å². The summed E-state index contributed by atoms with van der Waals surface area (Å²) >= 11 is 4.15. The van der Waals surface area contributed by atoms with Crippen LogP contribution in [0.5, 0.6) is 0 Å². The van der Waals surface area contributed by atoms with Crippen molar-refractivity contribution in [1.82, 2.24) is 9.88 Å². The third-order valence-electron chi connectivity index (χ3n) is 3.91. The second-order valence-electron chi connectivity index (χ2n) is 6.20. The molecule has 0 atom stereocenters. The van der Waals surface area contributed by atoms with Crippen LogP contribution in [0.15, 0.2) is 50.3 Å². The monoisotopic (exact) mass is 463 g/mol. The van der Waals surface area contributed by atoms with Crippen LogP contribution in [0, 0.1) is 17.0 Å².